The predicted octanol–water partition coefficient (Wildman–Crippen LogP) is 2.88. The fraction of sp³-hybridized carbons (Fsp3) is 0.316. The van der Waals surface area contributed by atoms with Crippen LogP contribution >= 0.6 is 15.9 Å². The highest BCUT2D eigenvalue weighted by Crippen LogP contribution is 2.26. The molecule has 0 aliphatic heterocycles. The molecule has 0 saturated heterocycles. The number of methoxy groups -OCH3 is 1. The summed E-state index contributed by atoms with van der Waals surface area (Å²) in [6.45, 7) is 4.42. The van der Waals surface area contributed by atoms with Gasteiger partial charge in [-0.25, -0.2) is 9.78 Å². The van der Waals surface area contributed by atoms with Crippen molar-refractivity contribution in [3.63, 3.8) is 0 Å². The summed E-state index contributed by atoms with van der Waals surface area (Å²) in [7, 11) is 3.40. The van der Waals surface area contributed by atoms with E-state index < -0.39 is 0 Å². The zero-order valence-corrected chi connectivity index (χ0v) is 17.3. The SMILES string of the molecule is CCn1c(=O)c2c(nc(/C=C/c3ccc(OC)c(Br)c3)n2C)n(CC)c1=O. The molecular weight excluding hydrogens is 412 g/mol. The van der Waals surface area contributed by atoms with E-state index >= 15 is 0 Å². The number of hydrogen-bond donors (Lipinski definition) is 0. The largest absolute Gasteiger partial charge is 0.496 e. The molecule has 1 aromatic carbocycles. The molecule has 2 heterocycles. The lowest BCUT2D eigenvalue weighted by molar-refractivity contribution is 0.412. The number of fused-ring (bicyclic) bond motifs is 1. The summed E-state index contributed by atoms with van der Waals surface area (Å²) < 4.78 is 10.6. The van der Waals surface area contributed by atoms with Crippen molar-refractivity contribution in [2.45, 2.75) is 26.9 Å². The van der Waals surface area contributed by atoms with Gasteiger partial charge in [0.1, 0.15) is 11.6 Å². The summed E-state index contributed by atoms with van der Waals surface area (Å²) in [5.41, 5.74) is 1.15. The van der Waals surface area contributed by atoms with E-state index in [1.807, 2.05) is 37.3 Å². The van der Waals surface area contributed by atoms with Crippen molar-refractivity contribution < 1.29 is 4.74 Å². The normalized spacial score (nSPS) is 11.6. The van der Waals surface area contributed by atoms with Gasteiger partial charge < -0.3 is 9.30 Å². The molecule has 0 aliphatic carbocycles. The molecule has 142 valence electrons. The number of rotatable bonds is 5. The third kappa shape index (κ3) is 3.25. The highest BCUT2D eigenvalue weighted by molar-refractivity contribution is 9.10. The van der Waals surface area contributed by atoms with Crippen molar-refractivity contribution in [2.75, 3.05) is 7.11 Å². The van der Waals surface area contributed by atoms with Gasteiger partial charge in [0.2, 0.25) is 0 Å². The van der Waals surface area contributed by atoms with Crippen molar-refractivity contribution >= 4 is 39.2 Å². The highest BCUT2D eigenvalue weighted by atomic mass is 79.9. The standard InChI is InChI=1S/C19H21BrN4O3/c1-5-23-17-16(18(25)24(6-2)19(23)26)22(3)15(21-17)10-8-12-7-9-14(27-4)13(20)11-12/h7-11H,5-6H2,1-4H3/b10-8+. The third-order valence-corrected chi connectivity index (χ3v) is 5.13. The minimum Gasteiger partial charge on any atom is -0.496 e. The number of benzene rings is 1. The summed E-state index contributed by atoms with van der Waals surface area (Å²) in [6, 6.07) is 5.73. The molecule has 27 heavy (non-hydrogen) atoms. The van der Waals surface area contributed by atoms with Gasteiger partial charge >= 0.3 is 5.69 Å². The molecule has 0 saturated carbocycles. The van der Waals surface area contributed by atoms with Gasteiger partial charge in [0.05, 0.1) is 11.6 Å². The van der Waals surface area contributed by atoms with Gasteiger partial charge in [-0.05, 0) is 53.5 Å². The maximum Gasteiger partial charge on any atom is 0.332 e. The summed E-state index contributed by atoms with van der Waals surface area (Å²) in [5, 5.41) is 0. The minimum atomic E-state index is -0.329. The van der Waals surface area contributed by atoms with Crippen LogP contribution in [0.3, 0.4) is 0 Å². The molecule has 3 rings (SSSR count). The smallest absolute Gasteiger partial charge is 0.332 e. The van der Waals surface area contributed by atoms with Gasteiger partial charge in [0, 0.05) is 20.1 Å². The van der Waals surface area contributed by atoms with E-state index in [1.165, 1.54) is 9.13 Å². The summed E-state index contributed by atoms with van der Waals surface area (Å²) >= 11 is 3.47. The molecule has 8 heteroatoms. The third-order valence-electron chi connectivity index (χ3n) is 4.51. The lowest BCUT2D eigenvalue weighted by Gasteiger charge is -2.08. The van der Waals surface area contributed by atoms with Crippen LogP contribution in [0.1, 0.15) is 25.2 Å². The van der Waals surface area contributed by atoms with Crippen LogP contribution in [0.15, 0.2) is 32.3 Å². The monoisotopic (exact) mass is 432 g/mol. The maximum atomic E-state index is 12.7. The van der Waals surface area contributed by atoms with E-state index in [4.69, 9.17) is 4.74 Å². The number of halogens is 1. The average Bonchev–Trinajstić information content (AvgIpc) is 2.97. The van der Waals surface area contributed by atoms with Crippen molar-refractivity contribution in [3.05, 3.63) is 54.9 Å². The predicted molar refractivity (Wildman–Crippen MR) is 110 cm³/mol. The molecule has 0 spiro atoms. The molecule has 0 amide bonds. The molecule has 0 radical (unpaired) electrons. The van der Waals surface area contributed by atoms with Crippen molar-refractivity contribution in [1.82, 2.24) is 18.7 Å². The van der Waals surface area contributed by atoms with Crippen LogP contribution in [0.5, 0.6) is 5.75 Å². The van der Waals surface area contributed by atoms with Crippen LogP contribution in [-0.4, -0.2) is 25.8 Å². The number of aryl methyl sites for hydroxylation is 2. The lowest BCUT2D eigenvalue weighted by Crippen LogP contribution is -2.39. The molecule has 0 aliphatic rings. The number of nitrogens with zero attached hydrogens (tertiary/aromatic N) is 4. The Morgan fingerprint density at radius 2 is 1.85 bits per heavy atom. The van der Waals surface area contributed by atoms with Gasteiger partial charge in [-0.2, -0.15) is 0 Å². The molecular formula is C19H21BrN4O3. The van der Waals surface area contributed by atoms with Gasteiger partial charge in [-0.3, -0.25) is 13.9 Å². The first-order chi connectivity index (χ1) is 12.9. The van der Waals surface area contributed by atoms with Gasteiger partial charge in [0.25, 0.3) is 5.56 Å². The topological polar surface area (TPSA) is 71.1 Å². The van der Waals surface area contributed by atoms with Crippen LogP contribution in [0, 0.1) is 0 Å². The van der Waals surface area contributed by atoms with E-state index in [0.29, 0.717) is 30.1 Å². The van der Waals surface area contributed by atoms with E-state index in [-0.39, 0.29) is 11.2 Å². The first-order valence-corrected chi connectivity index (χ1v) is 9.43. The number of imidazole rings is 1. The lowest BCUT2D eigenvalue weighted by atomic mass is 10.2. The second-order valence-corrected chi connectivity index (χ2v) is 6.86. The second kappa shape index (κ2) is 7.56. The Morgan fingerprint density at radius 1 is 1.15 bits per heavy atom. The molecule has 0 N–H and O–H groups in total. The molecule has 0 atom stereocenters. The number of aromatic nitrogens is 4. The van der Waals surface area contributed by atoms with Crippen LogP contribution in [0.4, 0.5) is 0 Å². The second-order valence-electron chi connectivity index (χ2n) is 6.00. The first-order valence-electron chi connectivity index (χ1n) is 8.64. The van der Waals surface area contributed by atoms with Crippen LogP contribution in [0.25, 0.3) is 23.3 Å². The Labute approximate surface area is 164 Å². The zero-order chi connectivity index (χ0) is 19.7. The fourth-order valence-corrected chi connectivity index (χ4v) is 3.61. The summed E-state index contributed by atoms with van der Waals surface area (Å²) in [6.07, 6.45) is 3.73. The molecule has 0 bridgehead atoms. The minimum absolute atomic E-state index is 0.316. The van der Waals surface area contributed by atoms with E-state index in [2.05, 4.69) is 20.9 Å². The number of ether oxygens (including phenoxy) is 1. The molecule has 2 aromatic heterocycles. The Hall–Kier alpha value is -2.61. The Balaban J connectivity index is 2.15. The summed E-state index contributed by atoms with van der Waals surface area (Å²) in [4.78, 5) is 29.8. The van der Waals surface area contributed by atoms with E-state index in [0.717, 1.165) is 15.8 Å². The first kappa shape index (κ1) is 19.2. The van der Waals surface area contributed by atoms with Crippen LogP contribution in [-0.2, 0) is 20.1 Å². The maximum absolute atomic E-state index is 12.7. The zero-order valence-electron chi connectivity index (χ0n) is 15.7. The van der Waals surface area contributed by atoms with E-state index in [1.54, 1.807) is 25.6 Å². The molecule has 3 aromatic rings. The Kier molecular flexibility index (Phi) is 5.36. The van der Waals surface area contributed by atoms with Crippen LogP contribution < -0.4 is 16.0 Å². The van der Waals surface area contributed by atoms with Crippen LogP contribution in [0.2, 0.25) is 0 Å². The molecule has 0 unspecified atom stereocenters. The van der Waals surface area contributed by atoms with Gasteiger partial charge in [-0.15, -0.1) is 0 Å². The quantitative estimate of drug-likeness (QED) is 0.621. The fourth-order valence-electron chi connectivity index (χ4n) is 3.05. The van der Waals surface area contributed by atoms with Crippen molar-refractivity contribution in [1.29, 1.82) is 0 Å². The Morgan fingerprint density at radius 3 is 2.44 bits per heavy atom. The Bertz CT molecular complexity index is 1150. The van der Waals surface area contributed by atoms with Crippen molar-refractivity contribution in [2.24, 2.45) is 7.05 Å². The number of hydrogen-bond acceptors (Lipinski definition) is 4. The van der Waals surface area contributed by atoms with Crippen molar-refractivity contribution in [3.8, 4) is 5.75 Å². The van der Waals surface area contributed by atoms with E-state index in [9.17, 15) is 9.59 Å². The highest BCUT2D eigenvalue weighted by Gasteiger charge is 2.17. The summed E-state index contributed by atoms with van der Waals surface area (Å²) in [5.74, 6) is 1.35. The molecule has 7 nitrogen and oxygen atoms in total. The van der Waals surface area contributed by atoms with Gasteiger partial charge in [-0.1, -0.05) is 12.1 Å². The van der Waals surface area contributed by atoms with Gasteiger partial charge in [0.15, 0.2) is 11.2 Å². The molecule has 0 fully saturated rings. The average molecular weight is 433 g/mol.